The SMILES string of the molecule is c1ccc2c(c1)-c1ccccc1C21c2ccc3c4c2-n2c5c1cccc5c1cnc[n+](c12)[N+]41c2c(cccc2-c2cccc[n+]21)O3. The first kappa shape index (κ1) is 22.4. The quantitative estimate of drug-likeness (QED) is 0.137. The van der Waals surface area contributed by atoms with Gasteiger partial charge in [0, 0.05) is 38.0 Å². The molecule has 6 nitrogen and oxygen atoms in total. The molecular formula is C40H22N5O+3. The van der Waals surface area contributed by atoms with Gasteiger partial charge in [0.2, 0.25) is 11.9 Å². The molecule has 3 aromatic heterocycles. The van der Waals surface area contributed by atoms with Crippen LogP contribution in [0.1, 0.15) is 22.3 Å². The summed E-state index contributed by atoms with van der Waals surface area (Å²) in [6.07, 6.45) is 6.27. The van der Waals surface area contributed by atoms with Gasteiger partial charge < -0.3 is 4.74 Å². The molecule has 1 unspecified atom stereocenters. The molecule has 0 amide bonds. The fraction of sp³-hybridized carbons (Fsp3) is 0.0250. The molecule has 4 aliphatic heterocycles. The maximum absolute atomic E-state index is 6.93. The Bertz CT molecular complexity index is 2740. The fourth-order valence-electron chi connectivity index (χ4n) is 9.89. The van der Waals surface area contributed by atoms with E-state index in [0.29, 0.717) is 4.70 Å². The van der Waals surface area contributed by atoms with Crippen LogP contribution in [0.15, 0.2) is 134 Å². The first-order chi connectivity index (χ1) is 22.8. The van der Waals surface area contributed by atoms with Gasteiger partial charge in [0.25, 0.3) is 17.7 Å². The number of benzene rings is 5. The molecule has 0 radical (unpaired) electrons. The second-order valence-corrected chi connectivity index (χ2v) is 12.9. The van der Waals surface area contributed by atoms with Crippen molar-refractivity contribution in [3.05, 3.63) is 156 Å². The van der Waals surface area contributed by atoms with Crippen molar-refractivity contribution in [3.63, 3.8) is 0 Å². The lowest BCUT2D eigenvalue weighted by molar-refractivity contribution is -1.02. The third kappa shape index (κ3) is 1.97. The van der Waals surface area contributed by atoms with E-state index in [-0.39, 0.29) is 0 Å². The molecule has 5 aromatic carbocycles. The molecular weight excluding hydrogens is 566 g/mol. The first-order valence-electron chi connectivity index (χ1n) is 15.8. The average Bonchev–Trinajstić information content (AvgIpc) is 3.72. The van der Waals surface area contributed by atoms with Gasteiger partial charge in [-0.1, -0.05) is 72.8 Å². The summed E-state index contributed by atoms with van der Waals surface area (Å²) in [5.74, 6) is 1.73. The van der Waals surface area contributed by atoms with Crippen LogP contribution in [0.5, 0.6) is 11.5 Å². The normalized spacial score (nSPS) is 18.4. The van der Waals surface area contributed by atoms with Crippen molar-refractivity contribution in [1.82, 2.24) is 14.3 Å². The molecule has 7 heterocycles. The number of pyridine rings is 1. The molecule has 0 fully saturated rings. The molecule has 0 saturated carbocycles. The summed E-state index contributed by atoms with van der Waals surface area (Å²) in [6.45, 7) is 0. The van der Waals surface area contributed by atoms with Crippen molar-refractivity contribution in [2.24, 2.45) is 0 Å². The number of fused-ring (bicyclic) bond motifs is 10. The van der Waals surface area contributed by atoms with Crippen molar-refractivity contribution in [3.8, 4) is 39.6 Å². The predicted molar refractivity (Wildman–Crippen MR) is 174 cm³/mol. The number of nitrogens with zero attached hydrogens (tertiary/aromatic N) is 5. The summed E-state index contributed by atoms with van der Waals surface area (Å²) in [7, 11) is 0. The number of hydrogen-bond acceptors (Lipinski definition) is 2. The first-order valence-corrected chi connectivity index (χ1v) is 15.8. The maximum Gasteiger partial charge on any atom is 0.317 e. The number of para-hydroxylation sites is 2. The van der Waals surface area contributed by atoms with Crippen LogP contribution in [-0.2, 0) is 5.41 Å². The van der Waals surface area contributed by atoms with Crippen LogP contribution in [0.2, 0.25) is 0 Å². The van der Waals surface area contributed by atoms with Crippen molar-refractivity contribution in [1.29, 1.82) is 0 Å². The van der Waals surface area contributed by atoms with Gasteiger partial charge >= 0.3 is 11.3 Å². The molecule has 46 heavy (non-hydrogen) atoms. The van der Waals surface area contributed by atoms with Crippen molar-refractivity contribution < 1.29 is 14.1 Å². The highest BCUT2D eigenvalue weighted by atomic mass is 16.5. The van der Waals surface area contributed by atoms with E-state index in [2.05, 4.69) is 142 Å². The molecule has 2 spiro atoms. The van der Waals surface area contributed by atoms with Crippen molar-refractivity contribution in [2.45, 2.75) is 5.41 Å². The number of quaternary nitrogens is 1. The monoisotopic (exact) mass is 588 g/mol. The van der Waals surface area contributed by atoms with E-state index in [1.165, 1.54) is 50.0 Å². The van der Waals surface area contributed by atoms with Gasteiger partial charge in [-0.3, -0.25) is 0 Å². The highest BCUT2D eigenvalue weighted by molar-refractivity contribution is 6.12. The van der Waals surface area contributed by atoms with Crippen molar-refractivity contribution >= 4 is 33.3 Å². The van der Waals surface area contributed by atoms with Gasteiger partial charge in [-0.05, 0) is 52.6 Å². The lowest BCUT2D eigenvalue weighted by Gasteiger charge is -2.41. The molecule has 0 saturated heterocycles. The molecule has 0 N–H and O–H groups in total. The molecule has 210 valence electrons. The fourth-order valence-corrected chi connectivity index (χ4v) is 9.89. The van der Waals surface area contributed by atoms with Crippen LogP contribution < -0.4 is 18.8 Å². The summed E-state index contributed by atoms with van der Waals surface area (Å²) in [6, 6.07) is 42.4. The van der Waals surface area contributed by atoms with E-state index in [1.54, 1.807) is 0 Å². The summed E-state index contributed by atoms with van der Waals surface area (Å²) in [5.41, 5.74) is 15.4. The maximum atomic E-state index is 6.93. The van der Waals surface area contributed by atoms with Crippen LogP contribution in [0, 0.1) is 0 Å². The Kier molecular flexibility index (Phi) is 3.37. The van der Waals surface area contributed by atoms with Crippen LogP contribution in [0.3, 0.4) is 0 Å². The smallest absolute Gasteiger partial charge is 0.317 e. The van der Waals surface area contributed by atoms with E-state index >= 15 is 0 Å². The van der Waals surface area contributed by atoms with Crippen molar-refractivity contribution in [2.75, 3.05) is 0 Å². The van der Waals surface area contributed by atoms with Gasteiger partial charge in [-0.25, -0.2) is 4.57 Å². The van der Waals surface area contributed by atoms with Gasteiger partial charge in [0.1, 0.15) is 22.0 Å². The highest BCUT2D eigenvalue weighted by Gasteiger charge is 2.70. The number of aromatic nitrogens is 4. The topological polar surface area (TPSA) is 34.8 Å². The van der Waals surface area contributed by atoms with E-state index in [0.717, 1.165) is 45.2 Å². The summed E-state index contributed by atoms with van der Waals surface area (Å²) < 4.78 is 14.5. The third-order valence-corrected chi connectivity index (χ3v) is 11.3. The number of rotatable bonds is 0. The average molecular weight is 589 g/mol. The summed E-state index contributed by atoms with van der Waals surface area (Å²) in [5, 5.41) is 2.35. The zero-order valence-electron chi connectivity index (χ0n) is 24.3. The minimum atomic E-state index is -0.509. The highest BCUT2D eigenvalue weighted by Crippen LogP contribution is 2.66. The molecule has 0 bridgehead atoms. The number of ether oxygens (including phenoxy) is 1. The Hall–Kier alpha value is -6.11. The zero-order chi connectivity index (χ0) is 29.5. The minimum absolute atomic E-state index is 0.315. The molecule has 8 aromatic rings. The van der Waals surface area contributed by atoms with E-state index in [9.17, 15) is 0 Å². The van der Waals surface area contributed by atoms with Crippen LogP contribution >= 0.6 is 0 Å². The van der Waals surface area contributed by atoms with E-state index in [1.807, 2.05) is 6.33 Å². The standard InChI is InChI=1S/C40H22N5O/c1-3-13-28-23(9-1)24-10-2-4-14-29(24)40(28)30-15-7-11-25-27-21-41-22-43-39(27)44(35(25)30)36-31(40)18-19-34-38(36)45(43)37-26(12-8-17-33(37)46-34)32-16-5-6-20-42(32)45/h1-22H/q+3. The molecule has 5 aliphatic rings. The number of hydrogen-bond donors (Lipinski definition) is 0. The summed E-state index contributed by atoms with van der Waals surface area (Å²) >= 11 is 0. The third-order valence-electron chi connectivity index (χ3n) is 11.3. The Balaban J connectivity index is 1.37. The molecule has 13 rings (SSSR count). The summed E-state index contributed by atoms with van der Waals surface area (Å²) in [4.78, 5) is 4.96. The van der Waals surface area contributed by atoms with Gasteiger partial charge in [0.05, 0.1) is 10.8 Å². The second-order valence-electron chi connectivity index (χ2n) is 12.9. The van der Waals surface area contributed by atoms with Crippen LogP contribution in [-0.4, -0.2) is 9.55 Å². The predicted octanol–water partition coefficient (Wildman–Crippen LogP) is 7.40. The lowest BCUT2D eigenvalue weighted by atomic mass is 9.65. The van der Waals surface area contributed by atoms with Gasteiger partial charge in [0.15, 0.2) is 11.4 Å². The molecule has 6 heteroatoms. The molecule has 1 aliphatic carbocycles. The Morgan fingerprint density at radius 3 is 2.22 bits per heavy atom. The Morgan fingerprint density at radius 2 is 1.35 bits per heavy atom. The molecule has 1 atom stereocenters. The lowest BCUT2D eigenvalue weighted by Crippen LogP contribution is -2.84. The van der Waals surface area contributed by atoms with E-state index in [4.69, 9.17) is 9.72 Å². The zero-order valence-corrected chi connectivity index (χ0v) is 24.3. The largest absolute Gasteiger partial charge is 0.444 e. The van der Waals surface area contributed by atoms with Gasteiger partial charge in [-0.15, -0.1) is 4.98 Å². The Morgan fingerprint density at radius 1 is 0.609 bits per heavy atom. The minimum Gasteiger partial charge on any atom is -0.444 e. The second kappa shape index (κ2) is 6.91. The van der Waals surface area contributed by atoms with Crippen LogP contribution in [0.25, 0.3) is 50.0 Å². The Labute approximate surface area is 262 Å². The van der Waals surface area contributed by atoms with E-state index < -0.39 is 5.41 Å². The van der Waals surface area contributed by atoms with Gasteiger partial charge in [-0.2, -0.15) is 0 Å². The van der Waals surface area contributed by atoms with Crippen LogP contribution in [0.4, 0.5) is 11.4 Å².